The predicted molar refractivity (Wildman–Crippen MR) is 89.1 cm³/mol. The maximum atomic E-state index is 4.30. The van der Waals surface area contributed by atoms with Crippen LogP contribution < -0.4 is 5.19 Å². The number of hydrogen-bond acceptors (Lipinski definition) is 1. The fourth-order valence-corrected chi connectivity index (χ4v) is 4.82. The Morgan fingerprint density at radius 2 is 1.80 bits per heavy atom. The van der Waals surface area contributed by atoms with Crippen molar-refractivity contribution in [2.24, 2.45) is 0 Å². The van der Waals surface area contributed by atoms with Crippen molar-refractivity contribution in [2.75, 3.05) is 0 Å². The molecular formula is C17H18N2Si. The van der Waals surface area contributed by atoms with E-state index in [2.05, 4.69) is 60.3 Å². The van der Waals surface area contributed by atoms with E-state index in [1.807, 2.05) is 12.4 Å². The summed E-state index contributed by atoms with van der Waals surface area (Å²) in [5, 5.41) is 5.60. The Labute approximate surface area is 119 Å². The van der Waals surface area contributed by atoms with Gasteiger partial charge in [-0.05, 0) is 35.9 Å². The molecule has 0 saturated carbocycles. The summed E-state index contributed by atoms with van der Waals surface area (Å²) in [4.78, 5) is 4.30. The van der Waals surface area contributed by atoms with Crippen molar-refractivity contribution in [1.82, 2.24) is 9.38 Å². The van der Waals surface area contributed by atoms with Crippen LogP contribution in [0.5, 0.6) is 0 Å². The van der Waals surface area contributed by atoms with E-state index in [0.29, 0.717) is 0 Å². The lowest BCUT2D eigenvalue weighted by Gasteiger charge is -2.15. The number of hydrogen-bond donors (Lipinski definition) is 0. The summed E-state index contributed by atoms with van der Waals surface area (Å²) >= 11 is 0. The van der Waals surface area contributed by atoms with Crippen molar-refractivity contribution in [3.8, 4) is 0 Å². The lowest BCUT2D eigenvalue weighted by atomic mass is 10.1. The van der Waals surface area contributed by atoms with E-state index in [4.69, 9.17) is 0 Å². The van der Waals surface area contributed by atoms with Crippen LogP contribution in [0.25, 0.3) is 27.2 Å². The topological polar surface area (TPSA) is 17.3 Å². The highest BCUT2D eigenvalue weighted by Gasteiger charge is 2.24. The second-order valence-corrected chi connectivity index (χ2v) is 11.8. The van der Waals surface area contributed by atoms with Gasteiger partial charge in [0.25, 0.3) is 0 Å². The van der Waals surface area contributed by atoms with Crippen LogP contribution in [0.15, 0.2) is 36.8 Å². The van der Waals surface area contributed by atoms with E-state index in [0.717, 1.165) is 0 Å². The van der Waals surface area contributed by atoms with E-state index in [9.17, 15) is 0 Å². The minimum absolute atomic E-state index is 1.26. The molecule has 0 unspecified atom stereocenters. The van der Waals surface area contributed by atoms with Crippen molar-refractivity contribution in [3.05, 3.63) is 42.4 Å². The van der Waals surface area contributed by atoms with E-state index >= 15 is 0 Å². The van der Waals surface area contributed by atoms with Gasteiger partial charge in [-0.2, -0.15) is 0 Å². The number of nitrogens with zero attached hydrogens (tertiary/aromatic N) is 2. The first-order valence-electron chi connectivity index (χ1n) is 7.08. The second kappa shape index (κ2) is 3.61. The maximum absolute atomic E-state index is 4.30. The largest absolute Gasteiger partial charge is 0.315 e. The molecule has 3 aromatic heterocycles. The first kappa shape index (κ1) is 11.9. The highest BCUT2D eigenvalue weighted by atomic mass is 28.3. The number of benzene rings is 1. The lowest BCUT2D eigenvalue weighted by molar-refractivity contribution is 1.28. The van der Waals surface area contributed by atoms with Crippen LogP contribution >= 0.6 is 0 Å². The molecule has 0 radical (unpaired) electrons. The molecule has 0 atom stereocenters. The second-order valence-electron chi connectivity index (χ2n) is 6.76. The summed E-state index contributed by atoms with van der Waals surface area (Å²) in [5.74, 6) is 0. The van der Waals surface area contributed by atoms with Crippen LogP contribution in [0.2, 0.25) is 19.6 Å². The normalized spacial score (nSPS) is 13.0. The van der Waals surface area contributed by atoms with Gasteiger partial charge in [-0.15, -0.1) is 0 Å². The van der Waals surface area contributed by atoms with Crippen molar-refractivity contribution < 1.29 is 0 Å². The first-order chi connectivity index (χ1) is 9.47. The van der Waals surface area contributed by atoms with Crippen LogP contribution in [0.3, 0.4) is 0 Å². The van der Waals surface area contributed by atoms with E-state index in [-0.39, 0.29) is 0 Å². The van der Waals surface area contributed by atoms with Crippen LogP contribution in [0, 0.1) is 6.92 Å². The third kappa shape index (κ3) is 1.41. The van der Waals surface area contributed by atoms with Crippen molar-refractivity contribution in [3.63, 3.8) is 0 Å². The number of rotatable bonds is 1. The third-order valence-electron chi connectivity index (χ3n) is 4.20. The van der Waals surface area contributed by atoms with Crippen LogP contribution in [0.4, 0.5) is 0 Å². The van der Waals surface area contributed by atoms with Gasteiger partial charge in [0.15, 0.2) is 0 Å². The molecule has 0 amide bonds. The summed E-state index contributed by atoms with van der Waals surface area (Å²) in [6.45, 7) is 9.45. The summed E-state index contributed by atoms with van der Waals surface area (Å²) in [6.07, 6.45) is 6.24. The third-order valence-corrected chi connectivity index (χ3v) is 6.21. The van der Waals surface area contributed by atoms with Gasteiger partial charge in [0.05, 0.1) is 19.1 Å². The molecule has 2 nitrogen and oxygen atoms in total. The van der Waals surface area contributed by atoms with Crippen LogP contribution in [0.1, 0.15) is 5.56 Å². The zero-order chi connectivity index (χ0) is 14.1. The average Bonchev–Trinajstić information content (AvgIpc) is 2.90. The molecule has 0 spiro atoms. The minimum Gasteiger partial charge on any atom is -0.315 e. The number of pyridine rings is 1. The summed E-state index contributed by atoms with van der Waals surface area (Å²) in [6, 6.07) is 6.76. The summed E-state index contributed by atoms with van der Waals surface area (Å²) in [7, 11) is -1.35. The molecule has 0 aliphatic heterocycles. The fraction of sp³-hybridized carbons (Fsp3) is 0.235. The van der Waals surface area contributed by atoms with Crippen LogP contribution in [-0.2, 0) is 0 Å². The molecular weight excluding hydrogens is 260 g/mol. The minimum atomic E-state index is -1.35. The van der Waals surface area contributed by atoms with Crippen LogP contribution in [-0.4, -0.2) is 17.5 Å². The summed E-state index contributed by atoms with van der Waals surface area (Å²) < 4.78 is 2.37. The van der Waals surface area contributed by atoms with E-state index in [1.165, 1.54) is 32.8 Å². The standard InChI is InChI=1S/C17H18N2Si/c1-11-7-12-14-9-18-6-5-15(14)19-10-16(20(2,3)4)13(8-11)17(12)19/h5-10H,1-4H3. The molecule has 100 valence electrons. The molecule has 4 rings (SSSR count). The molecule has 1 aromatic carbocycles. The number of aromatic nitrogens is 2. The smallest absolute Gasteiger partial charge is 0.0804 e. The zero-order valence-corrected chi connectivity index (χ0v) is 13.4. The lowest BCUT2D eigenvalue weighted by Crippen LogP contribution is -2.37. The fourth-order valence-electron chi connectivity index (χ4n) is 3.30. The first-order valence-corrected chi connectivity index (χ1v) is 10.6. The molecule has 0 N–H and O–H groups in total. The van der Waals surface area contributed by atoms with Crippen molar-refractivity contribution in [1.29, 1.82) is 0 Å². The molecule has 3 heteroatoms. The van der Waals surface area contributed by atoms with Gasteiger partial charge in [0.2, 0.25) is 0 Å². The Kier molecular flexibility index (Phi) is 2.15. The molecule has 0 aliphatic carbocycles. The van der Waals surface area contributed by atoms with Gasteiger partial charge >= 0.3 is 0 Å². The Balaban J connectivity index is 2.33. The van der Waals surface area contributed by atoms with Gasteiger partial charge in [-0.1, -0.05) is 19.6 Å². The van der Waals surface area contributed by atoms with Gasteiger partial charge < -0.3 is 4.40 Å². The van der Waals surface area contributed by atoms with Gasteiger partial charge in [0, 0.05) is 34.7 Å². The highest BCUT2D eigenvalue weighted by molar-refractivity contribution is 6.90. The Morgan fingerprint density at radius 1 is 1.05 bits per heavy atom. The average molecular weight is 278 g/mol. The molecule has 0 aliphatic rings. The molecule has 0 bridgehead atoms. The van der Waals surface area contributed by atoms with Crippen molar-refractivity contribution in [2.45, 2.75) is 26.6 Å². The Hall–Kier alpha value is -1.87. The Morgan fingerprint density at radius 3 is 2.55 bits per heavy atom. The number of fused-ring (bicyclic) bond motifs is 3. The Bertz CT molecular complexity index is 944. The zero-order valence-electron chi connectivity index (χ0n) is 12.4. The molecule has 0 saturated heterocycles. The van der Waals surface area contributed by atoms with Gasteiger partial charge in [0.1, 0.15) is 0 Å². The molecule has 3 heterocycles. The SMILES string of the molecule is Cc1cc2c([Si](C)(C)C)cn3c4ccncc4c(c1)c23. The van der Waals surface area contributed by atoms with E-state index in [1.54, 1.807) is 5.19 Å². The van der Waals surface area contributed by atoms with E-state index < -0.39 is 8.07 Å². The predicted octanol–water partition coefficient (Wildman–Crippen LogP) is 3.93. The van der Waals surface area contributed by atoms with Gasteiger partial charge in [-0.3, -0.25) is 4.98 Å². The highest BCUT2D eigenvalue weighted by Crippen LogP contribution is 2.33. The molecule has 0 fully saturated rings. The summed E-state index contributed by atoms with van der Waals surface area (Å²) in [5.41, 5.74) is 3.98. The quantitative estimate of drug-likeness (QED) is 0.482. The van der Waals surface area contributed by atoms with Gasteiger partial charge in [-0.25, -0.2) is 0 Å². The van der Waals surface area contributed by atoms with Crippen molar-refractivity contribution >= 4 is 40.5 Å². The maximum Gasteiger partial charge on any atom is 0.0804 e. The molecule has 20 heavy (non-hydrogen) atoms. The monoisotopic (exact) mass is 278 g/mol. The molecule has 4 aromatic rings. The number of aryl methyl sites for hydroxylation is 1.